The van der Waals surface area contributed by atoms with Crippen LogP contribution in [0.5, 0.6) is 0 Å². The highest BCUT2D eigenvalue weighted by atomic mass is 16.3. The quantitative estimate of drug-likeness (QED) is 0.0950. The van der Waals surface area contributed by atoms with E-state index >= 15 is 0 Å². The molecule has 13 nitrogen and oxygen atoms in total. The van der Waals surface area contributed by atoms with Crippen LogP contribution >= 0.6 is 0 Å². The summed E-state index contributed by atoms with van der Waals surface area (Å²) in [5.41, 5.74) is 0.0455. The summed E-state index contributed by atoms with van der Waals surface area (Å²) < 4.78 is 0. The molecule has 1 aromatic rings. The highest BCUT2D eigenvalue weighted by Crippen LogP contribution is 2.14. The zero-order valence-electron chi connectivity index (χ0n) is 20.3. The monoisotopic (exact) mass is 517 g/mol. The number of pyridine rings is 1. The van der Waals surface area contributed by atoms with Crippen LogP contribution in [0.25, 0.3) is 0 Å². The van der Waals surface area contributed by atoms with Crippen LogP contribution in [0.2, 0.25) is 0 Å². The first-order valence-corrected chi connectivity index (χ1v) is 11.7. The second kappa shape index (κ2) is 17.3. The topological polar surface area (TPSA) is 215 Å². The number of hydrogen-bond acceptors (Lipinski definition) is 11. The SMILES string of the molecule is O=C(c1ccc(C(=O)N(CC(CO)CO)CC(CO)CO)nc1)N(CC(CO)CO)CC(CO)CO. The standard InChI is InChI=1S/C23H39N3O10/c27-8-16(9-28)4-25(5-17(10-29)11-30)22(35)20-1-2-21(24-3-20)23(36)26(6-18(12-31)13-32)7-19(14-33)15-34/h1-3,16-19,27-34H,4-15H2. The van der Waals surface area contributed by atoms with Gasteiger partial charge < -0.3 is 50.7 Å². The van der Waals surface area contributed by atoms with Crippen LogP contribution in [-0.4, -0.2) is 146 Å². The first-order chi connectivity index (χ1) is 17.3. The smallest absolute Gasteiger partial charge is 0.272 e. The number of nitrogens with zero attached hydrogens (tertiary/aromatic N) is 3. The van der Waals surface area contributed by atoms with Gasteiger partial charge in [0.25, 0.3) is 11.8 Å². The highest BCUT2D eigenvalue weighted by Gasteiger charge is 2.26. The predicted octanol–water partition coefficient (Wildman–Crippen LogP) is -3.63. The summed E-state index contributed by atoms with van der Waals surface area (Å²) in [5, 5.41) is 75.2. The number of aliphatic hydroxyl groups excluding tert-OH is 8. The lowest BCUT2D eigenvalue weighted by molar-refractivity contribution is 0.0498. The van der Waals surface area contributed by atoms with Crippen molar-refractivity contribution >= 4 is 11.8 Å². The van der Waals surface area contributed by atoms with E-state index in [0.29, 0.717) is 0 Å². The molecular formula is C23H39N3O10. The molecule has 1 aromatic heterocycles. The normalized spacial score (nSPS) is 11.7. The van der Waals surface area contributed by atoms with E-state index in [9.17, 15) is 50.4 Å². The van der Waals surface area contributed by atoms with E-state index in [4.69, 9.17) is 0 Å². The molecule has 8 N–H and O–H groups in total. The first-order valence-electron chi connectivity index (χ1n) is 11.7. The van der Waals surface area contributed by atoms with Gasteiger partial charge >= 0.3 is 0 Å². The number of hydrogen-bond donors (Lipinski definition) is 8. The molecule has 0 fully saturated rings. The maximum absolute atomic E-state index is 13.1. The van der Waals surface area contributed by atoms with Crippen molar-refractivity contribution in [1.29, 1.82) is 0 Å². The van der Waals surface area contributed by atoms with Crippen molar-refractivity contribution < 1.29 is 50.4 Å². The molecule has 36 heavy (non-hydrogen) atoms. The van der Waals surface area contributed by atoms with Gasteiger partial charge in [0.2, 0.25) is 0 Å². The third kappa shape index (κ3) is 9.67. The van der Waals surface area contributed by atoms with Gasteiger partial charge in [0.15, 0.2) is 0 Å². The van der Waals surface area contributed by atoms with E-state index < -0.39 is 35.5 Å². The molecule has 2 amide bonds. The molecule has 0 spiro atoms. The van der Waals surface area contributed by atoms with Crippen LogP contribution in [-0.2, 0) is 0 Å². The van der Waals surface area contributed by atoms with Gasteiger partial charge in [0.05, 0.1) is 5.56 Å². The van der Waals surface area contributed by atoms with Crippen molar-refractivity contribution in [2.45, 2.75) is 0 Å². The number of carbonyl (C=O) groups excluding carboxylic acids is 2. The van der Waals surface area contributed by atoms with Gasteiger partial charge in [-0.2, -0.15) is 0 Å². The summed E-state index contributed by atoms with van der Waals surface area (Å²) in [4.78, 5) is 32.8. The Labute approximate surface area is 209 Å². The van der Waals surface area contributed by atoms with E-state index in [-0.39, 0.29) is 90.3 Å². The number of aromatic nitrogens is 1. The molecule has 1 rings (SSSR count). The molecular weight excluding hydrogens is 478 g/mol. The van der Waals surface area contributed by atoms with Crippen molar-refractivity contribution in [3.8, 4) is 0 Å². The fraction of sp³-hybridized carbons (Fsp3) is 0.696. The molecule has 0 bridgehead atoms. The molecule has 0 aliphatic heterocycles. The maximum Gasteiger partial charge on any atom is 0.272 e. The molecule has 0 saturated carbocycles. The molecule has 0 atom stereocenters. The average molecular weight is 518 g/mol. The number of rotatable bonds is 18. The Morgan fingerprint density at radius 3 is 1.19 bits per heavy atom. The molecule has 0 saturated heterocycles. The molecule has 0 radical (unpaired) electrons. The Bertz CT molecular complexity index is 660. The zero-order valence-corrected chi connectivity index (χ0v) is 20.3. The van der Waals surface area contributed by atoms with Crippen LogP contribution < -0.4 is 0 Å². The van der Waals surface area contributed by atoms with Crippen molar-refractivity contribution in [3.05, 3.63) is 29.6 Å². The van der Waals surface area contributed by atoms with E-state index in [0.717, 1.165) is 0 Å². The average Bonchev–Trinajstić information content (AvgIpc) is 2.93. The zero-order chi connectivity index (χ0) is 27.1. The van der Waals surface area contributed by atoms with Gasteiger partial charge in [0, 0.05) is 109 Å². The first kappa shape index (κ1) is 31.8. The minimum absolute atomic E-state index is 0.0375. The molecule has 1 heterocycles. The van der Waals surface area contributed by atoms with Gasteiger partial charge in [-0.3, -0.25) is 14.6 Å². The molecule has 0 aliphatic carbocycles. The minimum Gasteiger partial charge on any atom is -0.396 e. The minimum atomic E-state index is -0.640. The molecule has 0 unspecified atom stereocenters. The van der Waals surface area contributed by atoms with Crippen LogP contribution in [0, 0.1) is 23.7 Å². The molecule has 0 aromatic carbocycles. The fourth-order valence-electron chi connectivity index (χ4n) is 3.41. The Balaban J connectivity index is 3.14. The lowest BCUT2D eigenvalue weighted by Crippen LogP contribution is -2.43. The van der Waals surface area contributed by atoms with Crippen LogP contribution in [0.1, 0.15) is 20.8 Å². The van der Waals surface area contributed by atoms with Crippen molar-refractivity contribution in [1.82, 2.24) is 14.8 Å². The third-order valence-electron chi connectivity index (χ3n) is 5.78. The van der Waals surface area contributed by atoms with Crippen molar-refractivity contribution in [3.63, 3.8) is 0 Å². The number of amides is 2. The van der Waals surface area contributed by atoms with Gasteiger partial charge in [-0.05, 0) is 12.1 Å². The Kier molecular flexibility index (Phi) is 15.3. The second-order valence-electron chi connectivity index (χ2n) is 8.78. The lowest BCUT2D eigenvalue weighted by Gasteiger charge is -2.29. The Morgan fingerprint density at radius 2 is 0.917 bits per heavy atom. The molecule has 0 aliphatic rings. The summed E-state index contributed by atoms with van der Waals surface area (Å²) >= 11 is 0. The lowest BCUT2D eigenvalue weighted by atomic mass is 10.1. The summed E-state index contributed by atoms with van der Waals surface area (Å²) in [6, 6.07) is 2.67. The predicted molar refractivity (Wildman–Crippen MR) is 127 cm³/mol. The van der Waals surface area contributed by atoms with Gasteiger partial charge in [-0.15, -0.1) is 0 Å². The third-order valence-corrected chi connectivity index (χ3v) is 5.78. The van der Waals surface area contributed by atoms with E-state index in [1.165, 1.54) is 28.1 Å². The van der Waals surface area contributed by atoms with Crippen LogP contribution in [0.15, 0.2) is 18.3 Å². The van der Waals surface area contributed by atoms with Gasteiger partial charge in [-0.1, -0.05) is 0 Å². The summed E-state index contributed by atoms with van der Waals surface area (Å²) in [6.45, 7) is -3.22. The summed E-state index contributed by atoms with van der Waals surface area (Å²) in [7, 11) is 0. The van der Waals surface area contributed by atoms with Crippen molar-refractivity contribution in [2.75, 3.05) is 79.0 Å². The highest BCUT2D eigenvalue weighted by molar-refractivity contribution is 5.96. The van der Waals surface area contributed by atoms with Gasteiger partial charge in [-0.25, -0.2) is 0 Å². The van der Waals surface area contributed by atoms with Crippen molar-refractivity contribution in [2.24, 2.45) is 23.7 Å². The fourth-order valence-corrected chi connectivity index (χ4v) is 3.41. The Morgan fingerprint density at radius 1 is 0.583 bits per heavy atom. The van der Waals surface area contributed by atoms with Crippen LogP contribution in [0.4, 0.5) is 0 Å². The van der Waals surface area contributed by atoms with E-state index in [1.807, 2.05) is 0 Å². The van der Waals surface area contributed by atoms with E-state index in [1.54, 1.807) is 0 Å². The number of carbonyl (C=O) groups is 2. The summed E-state index contributed by atoms with van der Waals surface area (Å²) in [5.74, 6) is -3.68. The molecule has 206 valence electrons. The van der Waals surface area contributed by atoms with Gasteiger partial charge in [0.1, 0.15) is 5.69 Å². The maximum atomic E-state index is 13.1. The largest absolute Gasteiger partial charge is 0.396 e. The molecule has 13 heteroatoms. The van der Waals surface area contributed by atoms with Crippen LogP contribution in [0.3, 0.4) is 0 Å². The summed E-state index contributed by atoms with van der Waals surface area (Å²) in [6.07, 6.45) is 1.17. The number of aliphatic hydroxyl groups is 8. The van der Waals surface area contributed by atoms with E-state index in [2.05, 4.69) is 4.98 Å². The Hall–Kier alpha value is -2.23. The second-order valence-corrected chi connectivity index (χ2v) is 8.78.